The fourth-order valence-electron chi connectivity index (χ4n) is 9.42. The molecule has 4 nitrogen and oxygen atoms in total. The summed E-state index contributed by atoms with van der Waals surface area (Å²) in [6.45, 7) is 9.07. The van der Waals surface area contributed by atoms with E-state index in [9.17, 15) is 0 Å². The van der Waals surface area contributed by atoms with E-state index in [2.05, 4.69) is 165 Å². The first-order valence-electron chi connectivity index (χ1n) is 25.9. The molecule has 0 spiro atoms. The van der Waals surface area contributed by atoms with Crippen molar-refractivity contribution < 1.29 is 31.4 Å². The molecular formula is C60H63GeIrN3O-2. The van der Waals surface area contributed by atoms with Crippen molar-refractivity contribution in [2.24, 2.45) is 5.92 Å². The summed E-state index contributed by atoms with van der Waals surface area (Å²) in [4.78, 5) is 9.89. The van der Waals surface area contributed by atoms with Gasteiger partial charge in [-0.2, -0.15) is 0 Å². The number of benzene rings is 6. The van der Waals surface area contributed by atoms with Gasteiger partial charge in [-0.25, -0.2) is 0 Å². The van der Waals surface area contributed by atoms with Gasteiger partial charge in [0.1, 0.15) is 5.58 Å². The number of aryl methyl sites for hydroxylation is 2. The number of furan rings is 1. The van der Waals surface area contributed by atoms with E-state index in [0.29, 0.717) is 23.1 Å². The van der Waals surface area contributed by atoms with Crippen molar-refractivity contribution in [1.82, 2.24) is 14.5 Å². The van der Waals surface area contributed by atoms with Crippen LogP contribution in [-0.4, -0.2) is 27.8 Å². The molecule has 0 bridgehead atoms. The average molecular weight is 1110 g/mol. The first kappa shape index (κ1) is 41.1. The van der Waals surface area contributed by atoms with Crippen molar-refractivity contribution in [2.75, 3.05) is 0 Å². The Balaban J connectivity index is 0.000000200. The molecule has 10 rings (SSSR count). The molecule has 0 aliphatic heterocycles. The molecule has 66 heavy (non-hydrogen) atoms. The number of nitrogens with zero attached hydrogens (tertiary/aromatic N) is 3. The number of rotatable bonds is 9. The van der Waals surface area contributed by atoms with Gasteiger partial charge in [0, 0.05) is 31.2 Å². The Labute approximate surface area is 416 Å². The number of fused-ring (bicyclic) bond motifs is 4. The van der Waals surface area contributed by atoms with E-state index >= 15 is 0 Å². The van der Waals surface area contributed by atoms with Crippen LogP contribution in [0.15, 0.2) is 132 Å². The van der Waals surface area contributed by atoms with Crippen molar-refractivity contribution >= 4 is 50.6 Å². The van der Waals surface area contributed by atoms with E-state index in [-0.39, 0.29) is 31.6 Å². The van der Waals surface area contributed by atoms with E-state index in [4.69, 9.17) is 16.3 Å². The van der Waals surface area contributed by atoms with Crippen molar-refractivity contribution in [3.05, 3.63) is 167 Å². The Kier molecular flexibility index (Phi) is 12.5. The van der Waals surface area contributed by atoms with Crippen LogP contribution >= 0.6 is 0 Å². The van der Waals surface area contributed by atoms with E-state index in [1.54, 1.807) is 12.1 Å². The zero-order valence-corrected chi connectivity index (χ0v) is 44.0. The third kappa shape index (κ3) is 9.82. The summed E-state index contributed by atoms with van der Waals surface area (Å²) >= 11 is -2.35. The minimum absolute atomic E-state index is 0. The number of hydrogen-bond donors (Lipinski definition) is 0. The van der Waals surface area contributed by atoms with Crippen LogP contribution in [0, 0.1) is 31.8 Å². The Morgan fingerprint density at radius 1 is 0.788 bits per heavy atom. The maximum Gasteiger partial charge on any atom is 0 e. The standard InChI is InChI=1S/C38H33N2O.C22H30GeN.Ir/c1-23(2)31-21-27(26-12-7-6-8-13-26)22-32(24(3)4)36(31)40-34-17-10-9-16-33(34)39-38(40)30-15-11-14-29-28-19-18-25(5)20-35(28)41-37(29)30;1-17-10-12-19(13-11-17)22-15-20(14-18-8-6-5-7-9-18)21(16-24-22)23(2,3)4;/h6-14,16-24H,1-5H3;10-12,15-16,18H,5-9,14H2,1-4H3;/q2*-1;/i;1D3,14D2;. The summed E-state index contributed by atoms with van der Waals surface area (Å²) in [5.74, 6) is 8.31. The molecule has 0 amide bonds. The van der Waals surface area contributed by atoms with Crippen LogP contribution in [0.3, 0.4) is 0 Å². The molecule has 3 heterocycles. The predicted octanol–water partition coefficient (Wildman–Crippen LogP) is 16.1. The molecule has 9 aromatic rings. The van der Waals surface area contributed by atoms with E-state index < -0.39 is 26.5 Å². The minimum Gasteiger partial charge on any atom is 0 e. The maximum absolute atomic E-state index is 9.04. The molecule has 3 aromatic heterocycles. The van der Waals surface area contributed by atoms with E-state index in [0.717, 1.165) is 80.0 Å². The summed E-state index contributed by atoms with van der Waals surface area (Å²) in [7, 11) is 0. The van der Waals surface area contributed by atoms with Gasteiger partial charge in [-0.3, -0.25) is 4.98 Å². The van der Waals surface area contributed by atoms with Crippen LogP contribution in [0.2, 0.25) is 17.3 Å². The van der Waals surface area contributed by atoms with Crippen molar-refractivity contribution in [2.45, 2.75) is 109 Å². The van der Waals surface area contributed by atoms with Crippen LogP contribution in [0.4, 0.5) is 0 Å². The van der Waals surface area contributed by atoms with Gasteiger partial charge in [0.05, 0.1) is 22.4 Å². The Hall–Kier alpha value is -5.07. The molecule has 6 aromatic carbocycles. The molecule has 1 fully saturated rings. The molecule has 339 valence electrons. The summed E-state index contributed by atoms with van der Waals surface area (Å²) < 4.78 is 50.7. The first-order chi connectivity index (χ1) is 33.3. The third-order valence-corrected chi connectivity index (χ3v) is 17.1. The van der Waals surface area contributed by atoms with Gasteiger partial charge < -0.3 is 8.98 Å². The number of para-hydroxylation sites is 2. The molecule has 1 aliphatic rings. The van der Waals surface area contributed by atoms with Gasteiger partial charge >= 0.3 is 157 Å². The summed E-state index contributed by atoms with van der Waals surface area (Å²) in [5.41, 5.74) is 14.5. The van der Waals surface area contributed by atoms with Gasteiger partial charge in [0.25, 0.3) is 0 Å². The summed E-state index contributed by atoms with van der Waals surface area (Å²) in [6, 6.07) is 47.6. The maximum atomic E-state index is 9.04. The molecule has 0 N–H and O–H groups in total. The topological polar surface area (TPSA) is 43.9 Å². The smallest absolute Gasteiger partial charge is 0 e. The monoisotopic (exact) mass is 1110 g/mol. The molecule has 1 saturated carbocycles. The van der Waals surface area contributed by atoms with Crippen molar-refractivity contribution in [3.8, 4) is 39.5 Å². The quantitative estimate of drug-likeness (QED) is 0.107. The summed E-state index contributed by atoms with van der Waals surface area (Å²) in [5, 5.41) is 2.20. The molecule has 0 saturated heterocycles. The molecule has 0 unspecified atom stereocenters. The number of aromatic nitrogens is 3. The summed E-state index contributed by atoms with van der Waals surface area (Å²) in [6.07, 6.45) is 5.74. The average Bonchev–Trinajstić information content (AvgIpc) is 3.92. The van der Waals surface area contributed by atoms with Gasteiger partial charge in [-0.15, -0.1) is 18.2 Å². The van der Waals surface area contributed by atoms with Crippen molar-refractivity contribution in [3.63, 3.8) is 0 Å². The molecule has 6 heteroatoms. The third-order valence-electron chi connectivity index (χ3n) is 12.9. The SMILES string of the molecule is Cc1ccc2c(c1)oc1c(-c3nc4ccccc4n3-c3c(C(C)C)cc(-c4ccccc4)cc3C(C)C)[c-]ccc12.[2H]C([2H])([2H])c1c[c-]c(-c2cc(C([2H])([2H])C3CCCCC3)[c]([Ge]([CH3])([CH3])[CH3])cn2)cc1.[Ir]. The van der Waals surface area contributed by atoms with Gasteiger partial charge in [-0.1, -0.05) is 93.2 Å². The fraction of sp³-hybridized carbons (Fsp3) is 0.300. The van der Waals surface area contributed by atoms with Crippen molar-refractivity contribution in [1.29, 1.82) is 0 Å². The molecular weight excluding hydrogens is 1040 g/mol. The van der Waals surface area contributed by atoms with Crippen LogP contribution < -0.4 is 4.40 Å². The first-order valence-corrected chi connectivity index (χ1v) is 30.7. The molecule has 1 aliphatic carbocycles. The largest absolute Gasteiger partial charge is 0 e. The second-order valence-electron chi connectivity index (χ2n) is 19.5. The van der Waals surface area contributed by atoms with E-state index in [1.165, 1.54) is 46.0 Å². The zero-order chi connectivity index (χ0) is 49.7. The van der Waals surface area contributed by atoms with Crippen LogP contribution in [0.5, 0.6) is 0 Å². The minimum atomic E-state index is -2.35. The van der Waals surface area contributed by atoms with Gasteiger partial charge in [0.15, 0.2) is 0 Å². The zero-order valence-electron chi connectivity index (χ0n) is 44.5. The number of pyridine rings is 1. The molecule has 1 radical (unpaired) electrons. The molecule has 0 atom stereocenters. The Morgan fingerprint density at radius 3 is 2.18 bits per heavy atom. The Morgan fingerprint density at radius 2 is 1.50 bits per heavy atom. The predicted molar refractivity (Wildman–Crippen MR) is 277 cm³/mol. The second kappa shape index (κ2) is 20.0. The number of imidazole rings is 1. The second-order valence-corrected chi connectivity index (χ2v) is 30.0. The van der Waals surface area contributed by atoms with Crippen LogP contribution in [0.1, 0.15) is 106 Å². The normalized spacial score (nSPS) is 14.9. The fourth-order valence-corrected chi connectivity index (χ4v) is 12.4. The van der Waals surface area contributed by atoms with E-state index in [1.807, 2.05) is 18.3 Å². The van der Waals surface area contributed by atoms with Gasteiger partial charge in [0.2, 0.25) is 0 Å². The van der Waals surface area contributed by atoms with Crippen LogP contribution in [0.25, 0.3) is 72.4 Å². The number of hydrogen-bond acceptors (Lipinski definition) is 3. The van der Waals surface area contributed by atoms with Crippen LogP contribution in [-0.2, 0) is 26.5 Å². The Bertz CT molecular complexity index is 3300. The van der Waals surface area contributed by atoms with Gasteiger partial charge in [-0.05, 0) is 76.9 Å².